The summed E-state index contributed by atoms with van der Waals surface area (Å²) >= 11 is 0. The predicted molar refractivity (Wildman–Crippen MR) is 86.5 cm³/mol. The Hall–Kier alpha value is -2.40. The lowest BCUT2D eigenvalue weighted by Gasteiger charge is -2.12. The van der Waals surface area contributed by atoms with Crippen LogP contribution in [0.25, 0.3) is 0 Å². The molecular weight excluding hydrogens is 294 g/mol. The van der Waals surface area contributed by atoms with Gasteiger partial charge in [0.25, 0.3) is 0 Å². The number of aromatic nitrogens is 1. The maximum atomic E-state index is 10.5. The molecule has 0 radical (unpaired) electrons. The third-order valence-corrected chi connectivity index (χ3v) is 3.56. The minimum Gasteiger partial charge on any atom is -0.490 e. The molecule has 1 aromatic heterocycles. The highest BCUT2D eigenvalue weighted by Crippen LogP contribution is 2.17. The van der Waals surface area contributed by atoms with Gasteiger partial charge < -0.3 is 14.9 Å². The van der Waals surface area contributed by atoms with E-state index in [1.54, 1.807) is 18.3 Å². The second kappa shape index (κ2) is 8.29. The average Bonchev–Trinajstić information content (AvgIpc) is 2.58. The number of aliphatic hydroxyl groups excluding tert-OH is 1. The number of carboxylic acids is 1. The van der Waals surface area contributed by atoms with Crippen LogP contribution in [0.5, 0.6) is 5.75 Å². The third-order valence-electron chi connectivity index (χ3n) is 3.56. The molecule has 0 fully saturated rings. The molecule has 0 saturated heterocycles. The number of rotatable bonds is 8. The Balaban J connectivity index is 1.85. The first-order valence-electron chi connectivity index (χ1n) is 7.65. The van der Waals surface area contributed by atoms with Crippen molar-refractivity contribution in [1.82, 2.24) is 4.98 Å². The van der Waals surface area contributed by atoms with Gasteiger partial charge in [-0.05, 0) is 42.2 Å². The minimum absolute atomic E-state index is 0.109. The Morgan fingerprint density at radius 2 is 1.87 bits per heavy atom. The lowest BCUT2D eigenvalue weighted by molar-refractivity contribution is -0.136. The van der Waals surface area contributed by atoms with Crippen LogP contribution in [-0.4, -0.2) is 27.8 Å². The fourth-order valence-corrected chi connectivity index (χ4v) is 2.11. The van der Waals surface area contributed by atoms with Gasteiger partial charge in [0.1, 0.15) is 18.5 Å². The van der Waals surface area contributed by atoms with Crippen LogP contribution in [0.3, 0.4) is 0 Å². The first kappa shape index (κ1) is 17.0. The number of aliphatic hydroxyl groups is 1. The zero-order valence-corrected chi connectivity index (χ0v) is 13.1. The molecule has 5 heteroatoms. The van der Waals surface area contributed by atoms with E-state index >= 15 is 0 Å². The normalized spacial score (nSPS) is 11.9. The standard InChI is InChI=1S/C18H21NO4/c1-2-13-5-9-16(19-11-13)17(20)12-23-15-7-3-14(4-8-15)6-10-18(21)22/h3-5,7-9,11,17,20H,2,6,10,12H2,1H3,(H,21,22)/t17-/m1/s1. The monoisotopic (exact) mass is 315 g/mol. The zero-order valence-electron chi connectivity index (χ0n) is 13.1. The summed E-state index contributed by atoms with van der Waals surface area (Å²) in [6.45, 7) is 2.17. The molecule has 2 rings (SSSR count). The smallest absolute Gasteiger partial charge is 0.303 e. The van der Waals surface area contributed by atoms with Gasteiger partial charge in [-0.1, -0.05) is 25.1 Å². The number of nitrogens with zero attached hydrogens (tertiary/aromatic N) is 1. The van der Waals surface area contributed by atoms with Gasteiger partial charge in [0.15, 0.2) is 0 Å². The molecule has 2 N–H and O–H groups in total. The average molecular weight is 315 g/mol. The molecule has 2 aromatic rings. The summed E-state index contributed by atoms with van der Waals surface area (Å²) in [6, 6.07) is 11.0. The number of ether oxygens (including phenoxy) is 1. The van der Waals surface area contributed by atoms with E-state index < -0.39 is 12.1 Å². The number of hydrogen-bond donors (Lipinski definition) is 2. The molecule has 1 aromatic carbocycles. The molecule has 1 atom stereocenters. The molecule has 0 saturated carbocycles. The fourth-order valence-electron chi connectivity index (χ4n) is 2.11. The highest BCUT2D eigenvalue weighted by molar-refractivity contribution is 5.67. The number of carboxylic acid groups (broad SMARTS) is 1. The van der Waals surface area contributed by atoms with Gasteiger partial charge in [-0.2, -0.15) is 0 Å². The van der Waals surface area contributed by atoms with Crippen molar-refractivity contribution in [2.75, 3.05) is 6.61 Å². The van der Waals surface area contributed by atoms with Crippen LogP contribution >= 0.6 is 0 Å². The largest absolute Gasteiger partial charge is 0.490 e. The molecule has 0 amide bonds. The quantitative estimate of drug-likeness (QED) is 0.783. The lowest BCUT2D eigenvalue weighted by Crippen LogP contribution is -2.11. The lowest BCUT2D eigenvalue weighted by atomic mass is 10.1. The van der Waals surface area contributed by atoms with Gasteiger partial charge in [-0.3, -0.25) is 9.78 Å². The van der Waals surface area contributed by atoms with E-state index in [2.05, 4.69) is 11.9 Å². The number of aryl methyl sites for hydroxylation is 2. The Morgan fingerprint density at radius 1 is 1.17 bits per heavy atom. The topological polar surface area (TPSA) is 79.7 Å². The Labute approximate surface area is 135 Å². The van der Waals surface area contributed by atoms with Gasteiger partial charge in [0.2, 0.25) is 0 Å². The van der Waals surface area contributed by atoms with Gasteiger partial charge in [0.05, 0.1) is 5.69 Å². The van der Waals surface area contributed by atoms with Crippen molar-refractivity contribution in [3.05, 3.63) is 59.4 Å². The molecule has 0 aliphatic carbocycles. The zero-order chi connectivity index (χ0) is 16.7. The van der Waals surface area contributed by atoms with Crippen molar-refractivity contribution in [3.8, 4) is 5.75 Å². The van der Waals surface area contributed by atoms with Gasteiger partial charge in [0, 0.05) is 12.6 Å². The molecule has 0 unspecified atom stereocenters. The molecule has 5 nitrogen and oxygen atoms in total. The number of aliphatic carboxylic acids is 1. The minimum atomic E-state index is -0.810. The molecule has 1 heterocycles. The van der Waals surface area contributed by atoms with E-state index in [0.29, 0.717) is 17.9 Å². The summed E-state index contributed by atoms with van der Waals surface area (Å²) in [5, 5.41) is 18.7. The van der Waals surface area contributed by atoms with E-state index in [9.17, 15) is 9.90 Å². The summed E-state index contributed by atoms with van der Waals surface area (Å²) in [6.07, 6.45) is 2.49. The van der Waals surface area contributed by atoms with Gasteiger partial charge >= 0.3 is 5.97 Å². The highest BCUT2D eigenvalue weighted by Gasteiger charge is 2.10. The van der Waals surface area contributed by atoms with Crippen molar-refractivity contribution >= 4 is 5.97 Å². The van der Waals surface area contributed by atoms with Crippen LogP contribution in [-0.2, 0) is 17.6 Å². The number of benzene rings is 1. The predicted octanol–water partition coefficient (Wildman–Crippen LogP) is 2.77. The highest BCUT2D eigenvalue weighted by atomic mass is 16.5. The van der Waals surface area contributed by atoms with Crippen molar-refractivity contribution in [3.63, 3.8) is 0 Å². The first-order valence-corrected chi connectivity index (χ1v) is 7.65. The van der Waals surface area contributed by atoms with Crippen molar-refractivity contribution in [2.45, 2.75) is 32.3 Å². The van der Waals surface area contributed by atoms with E-state index in [0.717, 1.165) is 17.5 Å². The molecular formula is C18H21NO4. The summed E-state index contributed by atoms with van der Waals surface area (Å²) < 4.78 is 5.55. The fraction of sp³-hybridized carbons (Fsp3) is 0.333. The van der Waals surface area contributed by atoms with Crippen molar-refractivity contribution in [2.24, 2.45) is 0 Å². The van der Waals surface area contributed by atoms with Crippen LogP contribution in [0, 0.1) is 0 Å². The Bertz CT molecular complexity index is 622. The van der Waals surface area contributed by atoms with E-state index in [4.69, 9.17) is 9.84 Å². The van der Waals surface area contributed by atoms with Gasteiger partial charge in [-0.15, -0.1) is 0 Å². The van der Waals surface area contributed by atoms with Crippen LogP contribution in [0.15, 0.2) is 42.6 Å². The van der Waals surface area contributed by atoms with Crippen LogP contribution in [0.2, 0.25) is 0 Å². The summed E-state index contributed by atoms with van der Waals surface area (Å²) in [4.78, 5) is 14.8. The van der Waals surface area contributed by atoms with E-state index in [-0.39, 0.29) is 13.0 Å². The van der Waals surface area contributed by atoms with E-state index in [1.165, 1.54) is 0 Å². The SMILES string of the molecule is CCc1ccc([C@H](O)COc2ccc(CCC(=O)O)cc2)nc1. The number of pyridine rings is 1. The summed E-state index contributed by atoms with van der Waals surface area (Å²) in [7, 11) is 0. The van der Waals surface area contributed by atoms with Crippen LogP contribution < -0.4 is 4.74 Å². The first-order chi connectivity index (χ1) is 11.1. The van der Waals surface area contributed by atoms with Crippen LogP contribution in [0.4, 0.5) is 0 Å². The van der Waals surface area contributed by atoms with Crippen molar-refractivity contribution in [1.29, 1.82) is 0 Å². The molecule has 0 aliphatic rings. The number of carbonyl (C=O) groups is 1. The maximum Gasteiger partial charge on any atom is 0.303 e. The summed E-state index contributed by atoms with van der Waals surface area (Å²) in [5.41, 5.74) is 2.65. The van der Waals surface area contributed by atoms with Crippen LogP contribution in [0.1, 0.15) is 36.3 Å². The molecule has 122 valence electrons. The second-order valence-electron chi connectivity index (χ2n) is 5.31. The Morgan fingerprint density at radius 3 is 2.43 bits per heavy atom. The Kier molecular flexibility index (Phi) is 6.11. The van der Waals surface area contributed by atoms with E-state index in [1.807, 2.05) is 24.3 Å². The second-order valence-corrected chi connectivity index (χ2v) is 5.31. The van der Waals surface area contributed by atoms with Crippen molar-refractivity contribution < 1.29 is 19.7 Å². The molecule has 23 heavy (non-hydrogen) atoms. The number of hydrogen-bond acceptors (Lipinski definition) is 4. The molecule has 0 bridgehead atoms. The molecule has 0 aliphatic heterocycles. The third kappa shape index (κ3) is 5.38. The maximum absolute atomic E-state index is 10.5. The van der Waals surface area contributed by atoms with Gasteiger partial charge in [-0.25, -0.2) is 0 Å². The molecule has 0 spiro atoms. The summed E-state index contributed by atoms with van der Waals surface area (Å²) in [5.74, 6) is -0.177.